The highest BCUT2D eigenvalue weighted by Gasteiger charge is 2.31. The number of carbonyl (C=O) groups is 1. The first-order valence-electron chi connectivity index (χ1n) is 12.8. The molecule has 1 unspecified atom stereocenters. The first kappa shape index (κ1) is 22.8. The predicted molar refractivity (Wildman–Crippen MR) is 147 cm³/mol. The number of hydrogen-bond acceptors (Lipinski definition) is 4. The Morgan fingerprint density at radius 3 is 2.64 bits per heavy atom. The number of hydrogen-bond donors (Lipinski definition) is 1. The summed E-state index contributed by atoms with van der Waals surface area (Å²) in [5.41, 5.74) is 10.4. The maximum absolute atomic E-state index is 12.3. The third-order valence-corrected chi connectivity index (χ3v) is 7.81. The summed E-state index contributed by atoms with van der Waals surface area (Å²) in [5, 5.41) is 1.09. The molecule has 2 aliphatic heterocycles. The zero-order chi connectivity index (χ0) is 25.0. The molecule has 1 saturated heterocycles. The Balaban J connectivity index is 1.36. The number of rotatable bonds is 3. The highest BCUT2D eigenvalue weighted by atomic mass is 16.2. The number of fused-ring (bicyclic) bond motifs is 4. The molecule has 1 atom stereocenters. The van der Waals surface area contributed by atoms with E-state index in [2.05, 4.69) is 47.0 Å². The van der Waals surface area contributed by atoms with Gasteiger partial charge in [-0.1, -0.05) is 12.1 Å². The van der Waals surface area contributed by atoms with E-state index in [9.17, 15) is 4.79 Å². The number of aromatic nitrogens is 2. The predicted octanol–water partition coefficient (Wildman–Crippen LogP) is 4.97. The molecule has 0 radical (unpaired) electrons. The number of carbonyl (C=O) groups excluding carboxylic acids is 1. The van der Waals surface area contributed by atoms with Crippen LogP contribution in [0.3, 0.4) is 0 Å². The van der Waals surface area contributed by atoms with Gasteiger partial charge < -0.3 is 19.7 Å². The number of pyridine rings is 1. The van der Waals surface area contributed by atoms with Crippen molar-refractivity contribution in [1.29, 1.82) is 0 Å². The number of likely N-dealkylation sites (N-methyl/N-ethyl adjacent to an activating group) is 1. The molecule has 0 bridgehead atoms. The number of benzene rings is 2. The van der Waals surface area contributed by atoms with Gasteiger partial charge in [-0.05, 0) is 79.4 Å². The number of aryl methyl sites for hydroxylation is 2. The number of piperazine rings is 1. The molecule has 184 valence electrons. The van der Waals surface area contributed by atoms with Crippen LogP contribution >= 0.6 is 0 Å². The fraction of sp³-hybridized carbons (Fsp3) is 0.333. The third-order valence-electron chi connectivity index (χ3n) is 7.81. The zero-order valence-corrected chi connectivity index (χ0v) is 21.5. The molecule has 2 aromatic carbocycles. The van der Waals surface area contributed by atoms with Gasteiger partial charge in [-0.25, -0.2) is 4.98 Å². The van der Waals surface area contributed by atoms with Gasteiger partial charge in [0.2, 0.25) is 0 Å². The van der Waals surface area contributed by atoms with Crippen molar-refractivity contribution in [2.75, 3.05) is 45.7 Å². The van der Waals surface area contributed by atoms with Crippen molar-refractivity contribution >= 4 is 22.6 Å². The van der Waals surface area contributed by atoms with Crippen LogP contribution in [0.4, 0.5) is 5.69 Å². The van der Waals surface area contributed by atoms with Crippen LogP contribution < -0.4 is 4.90 Å². The zero-order valence-electron chi connectivity index (χ0n) is 21.5. The van der Waals surface area contributed by atoms with Crippen LogP contribution in [-0.2, 0) is 6.42 Å². The summed E-state index contributed by atoms with van der Waals surface area (Å²) < 4.78 is 0. The molecule has 2 aliphatic rings. The van der Waals surface area contributed by atoms with Gasteiger partial charge in [0.15, 0.2) is 0 Å². The largest absolute Gasteiger partial charge is 0.366 e. The van der Waals surface area contributed by atoms with Gasteiger partial charge in [0.25, 0.3) is 5.91 Å². The van der Waals surface area contributed by atoms with Crippen molar-refractivity contribution in [2.24, 2.45) is 0 Å². The number of amides is 1. The van der Waals surface area contributed by atoms with Gasteiger partial charge in [-0.3, -0.25) is 4.79 Å². The van der Waals surface area contributed by atoms with E-state index in [4.69, 9.17) is 4.98 Å². The van der Waals surface area contributed by atoms with Crippen LogP contribution in [0.2, 0.25) is 0 Å². The van der Waals surface area contributed by atoms with E-state index in [-0.39, 0.29) is 5.91 Å². The number of aromatic amines is 1. The Kier molecular flexibility index (Phi) is 5.56. The Bertz CT molecular complexity index is 1450. The van der Waals surface area contributed by atoms with Gasteiger partial charge in [0, 0.05) is 79.9 Å². The highest BCUT2D eigenvalue weighted by molar-refractivity contribution is 5.98. The van der Waals surface area contributed by atoms with Crippen molar-refractivity contribution in [3.63, 3.8) is 0 Å². The lowest BCUT2D eigenvalue weighted by atomic mass is 9.89. The normalized spacial score (nSPS) is 17.7. The number of nitrogens with zero attached hydrogens (tertiary/aromatic N) is 4. The van der Waals surface area contributed by atoms with Crippen LogP contribution in [-0.4, -0.2) is 72.5 Å². The minimum atomic E-state index is 0.00935. The monoisotopic (exact) mass is 479 g/mol. The average molecular weight is 480 g/mol. The Morgan fingerprint density at radius 1 is 1.06 bits per heavy atom. The molecular weight excluding hydrogens is 446 g/mol. The maximum Gasteiger partial charge on any atom is 0.253 e. The summed E-state index contributed by atoms with van der Waals surface area (Å²) in [6.07, 6.45) is 6.33. The van der Waals surface area contributed by atoms with Crippen LogP contribution in [0.5, 0.6) is 0 Å². The molecule has 4 aromatic rings. The highest BCUT2D eigenvalue weighted by Crippen LogP contribution is 2.39. The Morgan fingerprint density at radius 2 is 1.86 bits per heavy atom. The summed E-state index contributed by atoms with van der Waals surface area (Å²) >= 11 is 0. The summed E-state index contributed by atoms with van der Waals surface area (Å²) in [6, 6.07) is 15.4. The summed E-state index contributed by atoms with van der Waals surface area (Å²) in [4.78, 5) is 27.1. The fourth-order valence-corrected chi connectivity index (χ4v) is 5.95. The van der Waals surface area contributed by atoms with E-state index in [1.54, 1.807) is 19.0 Å². The van der Waals surface area contributed by atoms with Crippen molar-refractivity contribution in [1.82, 2.24) is 19.8 Å². The quantitative estimate of drug-likeness (QED) is 0.451. The molecule has 1 amide bonds. The number of nitrogens with one attached hydrogen (secondary N) is 1. The molecule has 6 heteroatoms. The van der Waals surface area contributed by atoms with E-state index in [0.717, 1.165) is 53.8 Å². The molecule has 4 heterocycles. The van der Waals surface area contributed by atoms with Crippen molar-refractivity contribution in [2.45, 2.75) is 25.8 Å². The Labute approximate surface area is 212 Å². The number of H-pyrrole nitrogens is 1. The second-order valence-corrected chi connectivity index (χ2v) is 10.5. The lowest BCUT2D eigenvalue weighted by Crippen LogP contribution is -2.54. The second kappa shape index (κ2) is 8.79. The first-order valence-corrected chi connectivity index (χ1v) is 12.8. The molecule has 1 N–H and O–H groups in total. The fourth-order valence-electron chi connectivity index (χ4n) is 5.95. The van der Waals surface area contributed by atoms with E-state index < -0.39 is 0 Å². The molecule has 0 aliphatic carbocycles. The molecular formula is C30H33N5O. The minimum Gasteiger partial charge on any atom is -0.366 e. The molecule has 0 saturated carbocycles. The summed E-state index contributed by atoms with van der Waals surface area (Å²) in [6.45, 7) is 5.64. The average Bonchev–Trinajstić information content (AvgIpc) is 3.31. The van der Waals surface area contributed by atoms with Gasteiger partial charge in [-0.2, -0.15) is 0 Å². The van der Waals surface area contributed by atoms with E-state index in [0.29, 0.717) is 11.6 Å². The van der Waals surface area contributed by atoms with Gasteiger partial charge in [0.1, 0.15) is 5.65 Å². The second-order valence-electron chi connectivity index (χ2n) is 10.5. The van der Waals surface area contributed by atoms with Crippen LogP contribution in [0.25, 0.3) is 33.3 Å². The van der Waals surface area contributed by atoms with Crippen LogP contribution in [0.15, 0.2) is 54.9 Å². The van der Waals surface area contributed by atoms with Crippen molar-refractivity contribution in [3.8, 4) is 22.3 Å². The molecule has 36 heavy (non-hydrogen) atoms. The van der Waals surface area contributed by atoms with Gasteiger partial charge in [-0.15, -0.1) is 0 Å². The van der Waals surface area contributed by atoms with E-state index >= 15 is 0 Å². The molecule has 1 fully saturated rings. The smallest absolute Gasteiger partial charge is 0.253 e. The van der Waals surface area contributed by atoms with Crippen molar-refractivity contribution < 1.29 is 4.79 Å². The lowest BCUT2D eigenvalue weighted by Gasteiger charge is -2.46. The topological polar surface area (TPSA) is 55.5 Å². The first-order chi connectivity index (χ1) is 17.4. The SMILES string of the molecule is Cc1cc(-c2cnc3[nH]cc(-c4ccc(C(=O)N(C)C)cc4)c3c2)cc2c1N1CCN(C)CC1CC2. The Hall–Kier alpha value is -3.64. The summed E-state index contributed by atoms with van der Waals surface area (Å²) in [7, 11) is 5.78. The molecule has 0 spiro atoms. The van der Waals surface area contributed by atoms with Crippen LogP contribution in [0.1, 0.15) is 27.9 Å². The standard InChI is InChI=1S/C30H33N5O/c1-19-13-23(14-22-9-10-25-18-34(4)11-12-35(25)28(19)22)24-15-26-27(17-32-29(26)31-16-24)20-5-7-21(8-6-20)30(36)33(2)3/h5-8,13-17,25H,9-12,18H2,1-4H3,(H,31,32). The van der Waals surface area contributed by atoms with E-state index in [1.807, 2.05) is 36.7 Å². The molecule has 6 rings (SSSR count). The maximum atomic E-state index is 12.3. The number of anilines is 1. The summed E-state index contributed by atoms with van der Waals surface area (Å²) in [5.74, 6) is 0.00935. The third kappa shape index (κ3) is 3.86. The van der Waals surface area contributed by atoms with Crippen LogP contribution in [0, 0.1) is 6.92 Å². The lowest BCUT2D eigenvalue weighted by molar-refractivity contribution is 0.0827. The van der Waals surface area contributed by atoms with E-state index in [1.165, 1.54) is 28.8 Å². The minimum absolute atomic E-state index is 0.00935. The van der Waals surface area contributed by atoms with Crippen molar-refractivity contribution in [3.05, 3.63) is 71.5 Å². The molecule has 2 aromatic heterocycles. The van der Waals surface area contributed by atoms with Gasteiger partial charge in [0.05, 0.1) is 0 Å². The van der Waals surface area contributed by atoms with Gasteiger partial charge >= 0.3 is 0 Å². The molecule has 6 nitrogen and oxygen atoms in total.